The van der Waals surface area contributed by atoms with Crippen LogP contribution in [0.4, 0.5) is 0 Å². The van der Waals surface area contributed by atoms with Gasteiger partial charge in [0, 0.05) is 21.3 Å². The number of nitrogens with zero attached hydrogens (tertiary/aromatic N) is 2. The molecule has 0 amide bonds. The van der Waals surface area contributed by atoms with E-state index in [1.165, 1.54) is 0 Å². The van der Waals surface area contributed by atoms with Crippen LogP contribution in [-0.4, -0.2) is 14.9 Å². The number of halogens is 2. The van der Waals surface area contributed by atoms with Crippen molar-refractivity contribution in [3.8, 4) is 0 Å². The van der Waals surface area contributed by atoms with Crippen LogP contribution in [0.15, 0.2) is 21.2 Å². The third kappa shape index (κ3) is 2.11. The average Bonchev–Trinajstić information content (AvgIpc) is 2.72. The van der Waals surface area contributed by atoms with Gasteiger partial charge in [-0.25, -0.2) is 0 Å². The van der Waals surface area contributed by atoms with Crippen molar-refractivity contribution < 1.29 is 5.11 Å². The van der Waals surface area contributed by atoms with E-state index in [1.54, 1.807) is 22.2 Å². The summed E-state index contributed by atoms with van der Waals surface area (Å²) in [7, 11) is 1.82. The van der Waals surface area contributed by atoms with E-state index in [1.807, 2.05) is 20.0 Å². The maximum atomic E-state index is 10.3. The molecule has 1 N–H and O–H groups in total. The van der Waals surface area contributed by atoms with Crippen molar-refractivity contribution >= 4 is 43.2 Å². The summed E-state index contributed by atoms with van der Waals surface area (Å²) in [5, 5.41) is 14.4. The molecule has 0 aliphatic heterocycles. The highest BCUT2D eigenvalue weighted by molar-refractivity contribution is 9.10. The SMILES string of the molecule is Cc1sc(C(O)c2c(Br)cnn2C)cc1Br. The third-order valence-corrected chi connectivity index (χ3v) is 5.14. The first kappa shape index (κ1) is 12.3. The summed E-state index contributed by atoms with van der Waals surface area (Å²) in [5.41, 5.74) is 0.772. The van der Waals surface area contributed by atoms with Gasteiger partial charge in [0.15, 0.2) is 0 Å². The second-order valence-corrected chi connectivity index (χ2v) is 6.45. The molecule has 0 saturated carbocycles. The standard InChI is InChI=1S/C10H10Br2N2OS/c1-5-6(11)3-8(16-5)10(15)9-7(12)4-13-14(9)2/h3-4,10,15H,1-2H3. The van der Waals surface area contributed by atoms with E-state index >= 15 is 0 Å². The molecule has 2 aromatic heterocycles. The fraction of sp³-hybridized carbons (Fsp3) is 0.300. The van der Waals surface area contributed by atoms with Crippen molar-refractivity contribution in [2.45, 2.75) is 13.0 Å². The van der Waals surface area contributed by atoms with E-state index in [0.717, 1.165) is 24.4 Å². The Morgan fingerprint density at radius 3 is 2.56 bits per heavy atom. The van der Waals surface area contributed by atoms with E-state index in [0.29, 0.717) is 0 Å². The number of aromatic nitrogens is 2. The van der Waals surface area contributed by atoms with Crippen LogP contribution < -0.4 is 0 Å². The Bertz CT molecular complexity index is 482. The first-order chi connectivity index (χ1) is 7.50. The lowest BCUT2D eigenvalue weighted by atomic mass is 10.2. The van der Waals surface area contributed by atoms with Gasteiger partial charge < -0.3 is 5.11 Å². The van der Waals surface area contributed by atoms with Crippen LogP contribution in [0, 0.1) is 6.92 Å². The Kier molecular flexibility index (Phi) is 3.53. The number of thiophene rings is 1. The maximum Gasteiger partial charge on any atom is 0.131 e. The quantitative estimate of drug-likeness (QED) is 0.885. The Labute approximate surface area is 114 Å². The first-order valence-corrected chi connectivity index (χ1v) is 7.02. The zero-order chi connectivity index (χ0) is 11.9. The zero-order valence-electron chi connectivity index (χ0n) is 8.74. The Morgan fingerprint density at radius 1 is 1.44 bits per heavy atom. The van der Waals surface area contributed by atoms with E-state index in [9.17, 15) is 5.11 Å². The molecule has 86 valence electrons. The molecule has 0 aromatic carbocycles. The largest absolute Gasteiger partial charge is 0.381 e. The Hall–Kier alpha value is -0.170. The number of hydrogen-bond donors (Lipinski definition) is 1. The van der Waals surface area contributed by atoms with Crippen molar-refractivity contribution in [1.82, 2.24) is 9.78 Å². The molecule has 2 aromatic rings. The molecule has 0 bridgehead atoms. The molecule has 0 saturated heterocycles. The highest BCUT2D eigenvalue weighted by Crippen LogP contribution is 2.35. The van der Waals surface area contributed by atoms with E-state index in [2.05, 4.69) is 37.0 Å². The van der Waals surface area contributed by atoms with Crippen molar-refractivity contribution in [2.75, 3.05) is 0 Å². The molecule has 0 fully saturated rings. The summed E-state index contributed by atoms with van der Waals surface area (Å²) in [4.78, 5) is 2.07. The molecule has 0 aliphatic carbocycles. The summed E-state index contributed by atoms with van der Waals surface area (Å²) in [6.07, 6.45) is 1.05. The molecule has 3 nitrogen and oxygen atoms in total. The number of aliphatic hydroxyl groups is 1. The van der Waals surface area contributed by atoms with Crippen LogP contribution in [0.2, 0.25) is 0 Å². The van der Waals surface area contributed by atoms with Gasteiger partial charge >= 0.3 is 0 Å². The topological polar surface area (TPSA) is 38.1 Å². The van der Waals surface area contributed by atoms with E-state index in [-0.39, 0.29) is 0 Å². The lowest BCUT2D eigenvalue weighted by Crippen LogP contribution is -2.05. The van der Waals surface area contributed by atoms with Crippen molar-refractivity contribution in [3.05, 3.63) is 36.7 Å². The maximum absolute atomic E-state index is 10.3. The summed E-state index contributed by atoms with van der Waals surface area (Å²) >= 11 is 8.42. The molecule has 6 heteroatoms. The second kappa shape index (κ2) is 4.60. The predicted molar refractivity (Wildman–Crippen MR) is 71.7 cm³/mol. The van der Waals surface area contributed by atoms with Crippen LogP contribution in [0.3, 0.4) is 0 Å². The van der Waals surface area contributed by atoms with Gasteiger partial charge in [0.25, 0.3) is 0 Å². The molecule has 2 rings (SSSR count). The van der Waals surface area contributed by atoms with E-state index < -0.39 is 6.10 Å². The lowest BCUT2D eigenvalue weighted by molar-refractivity contribution is 0.212. The van der Waals surface area contributed by atoms with Crippen LogP contribution >= 0.6 is 43.2 Å². The number of rotatable bonds is 2. The molecular weight excluding hydrogens is 356 g/mol. The second-order valence-electron chi connectivity index (χ2n) is 3.46. The summed E-state index contributed by atoms with van der Waals surface area (Å²) in [6, 6.07) is 1.95. The normalized spacial score (nSPS) is 13.1. The predicted octanol–water partition coefficient (Wildman–Crippen LogP) is 3.40. The van der Waals surface area contributed by atoms with Gasteiger partial charge in [0.1, 0.15) is 6.10 Å². The molecule has 0 radical (unpaired) electrons. The minimum Gasteiger partial charge on any atom is -0.381 e. The fourth-order valence-corrected chi connectivity index (χ4v) is 3.59. The number of hydrogen-bond acceptors (Lipinski definition) is 3. The van der Waals surface area contributed by atoms with Gasteiger partial charge in [-0.05, 0) is 44.8 Å². The van der Waals surface area contributed by atoms with Crippen LogP contribution in [0.25, 0.3) is 0 Å². The molecule has 0 aliphatic rings. The first-order valence-electron chi connectivity index (χ1n) is 4.62. The molecule has 1 unspecified atom stereocenters. The molecule has 0 spiro atoms. The number of aliphatic hydroxyl groups excluding tert-OH is 1. The smallest absolute Gasteiger partial charge is 0.131 e. The monoisotopic (exact) mass is 364 g/mol. The minimum absolute atomic E-state index is 0.642. The van der Waals surface area contributed by atoms with Crippen LogP contribution in [0.1, 0.15) is 21.6 Å². The lowest BCUT2D eigenvalue weighted by Gasteiger charge is -2.09. The van der Waals surface area contributed by atoms with Crippen LogP contribution in [0.5, 0.6) is 0 Å². The molecule has 16 heavy (non-hydrogen) atoms. The van der Waals surface area contributed by atoms with Gasteiger partial charge in [-0.15, -0.1) is 11.3 Å². The highest BCUT2D eigenvalue weighted by atomic mass is 79.9. The van der Waals surface area contributed by atoms with Gasteiger partial charge in [-0.2, -0.15) is 5.10 Å². The zero-order valence-corrected chi connectivity index (χ0v) is 12.7. The minimum atomic E-state index is -0.642. The van der Waals surface area contributed by atoms with E-state index in [4.69, 9.17) is 0 Å². The van der Waals surface area contributed by atoms with Crippen molar-refractivity contribution in [3.63, 3.8) is 0 Å². The summed E-state index contributed by atoms with van der Waals surface area (Å²) in [5.74, 6) is 0. The van der Waals surface area contributed by atoms with Crippen LogP contribution in [-0.2, 0) is 7.05 Å². The highest BCUT2D eigenvalue weighted by Gasteiger charge is 2.20. The fourth-order valence-electron chi connectivity index (χ4n) is 1.48. The summed E-state index contributed by atoms with van der Waals surface area (Å²) in [6.45, 7) is 2.02. The summed E-state index contributed by atoms with van der Waals surface area (Å²) < 4.78 is 3.53. The van der Waals surface area contributed by atoms with Gasteiger partial charge in [0.05, 0.1) is 16.4 Å². The molecule has 2 heterocycles. The van der Waals surface area contributed by atoms with Gasteiger partial charge in [-0.1, -0.05) is 0 Å². The Balaban J connectivity index is 2.42. The van der Waals surface area contributed by atoms with Gasteiger partial charge in [-0.3, -0.25) is 4.68 Å². The van der Waals surface area contributed by atoms with Crippen molar-refractivity contribution in [2.24, 2.45) is 7.05 Å². The van der Waals surface area contributed by atoms with Gasteiger partial charge in [0.2, 0.25) is 0 Å². The average molecular weight is 366 g/mol. The molecular formula is C10H10Br2N2OS. The number of aryl methyl sites for hydroxylation is 2. The molecule has 1 atom stereocenters. The third-order valence-electron chi connectivity index (χ3n) is 2.34. The van der Waals surface area contributed by atoms with Crippen molar-refractivity contribution in [1.29, 1.82) is 0 Å². The Morgan fingerprint density at radius 2 is 2.12 bits per heavy atom.